The van der Waals surface area contributed by atoms with E-state index < -0.39 is 0 Å². The molecular weight excluding hydrogens is 174 g/mol. The lowest BCUT2D eigenvalue weighted by Gasteiger charge is -2.15. The minimum atomic E-state index is 0.667. The molecule has 1 aliphatic rings. The summed E-state index contributed by atoms with van der Waals surface area (Å²) in [6.07, 6.45) is 0.993. The van der Waals surface area contributed by atoms with Gasteiger partial charge in [0.1, 0.15) is 0 Å². The smallest absolute Gasteiger partial charge is 0.0891 e. The zero-order chi connectivity index (χ0) is 9.38. The average Bonchev–Trinajstić information content (AvgIpc) is 2.26. The molecule has 3 rings (SSSR count). The third-order valence-corrected chi connectivity index (χ3v) is 2.65. The molecule has 0 atom stereocenters. The lowest BCUT2D eigenvalue weighted by molar-refractivity contribution is 0.108. The number of hydrogen-bond acceptors (Lipinski definition) is 2. The first-order valence-electron chi connectivity index (χ1n) is 4.89. The van der Waals surface area contributed by atoms with Crippen LogP contribution in [-0.2, 0) is 17.8 Å². The van der Waals surface area contributed by atoms with Crippen molar-refractivity contribution in [3.05, 3.63) is 41.6 Å². The van der Waals surface area contributed by atoms with Crippen molar-refractivity contribution in [1.29, 1.82) is 0 Å². The number of para-hydroxylation sites is 1. The largest absolute Gasteiger partial charge is 0.375 e. The highest BCUT2D eigenvalue weighted by molar-refractivity contribution is 5.79. The standard InChI is InChI=1S/C12H11NO/c1-2-4-11-9(3-1)7-10-5-6-14-8-12(10)13-11/h1-4,7H,5-6,8H2. The van der Waals surface area contributed by atoms with E-state index in [9.17, 15) is 0 Å². The van der Waals surface area contributed by atoms with Crippen molar-refractivity contribution in [3.8, 4) is 0 Å². The first kappa shape index (κ1) is 7.94. The Morgan fingerprint density at radius 1 is 1.21 bits per heavy atom. The number of pyridine rings is 1. The maximum absolute atomic E-state index is 5.38. The predicted molar refractivity (Wildman–Crippen MR) is 55.1 cm³/mol. The molecule has 0 radical (unpaired) electrons. The molecule has 14 heavy (non-hydrogen) atoms. The molecule has 2 heteroatoms. The molecule has 0 bridgehead atoms. The van der Waals surface area contributed by atoms with Crippen LogP contribution in [0.5, 0.6) is 0 Å². The Morgan fingerprint density at radius 2 is 2.14 bits per heavy atom. The average molecular weight is 185 g/mol. The van der Waals surface area contributed by atoms with Crippen molar-refractivity contribution in [2.45, 2.75) is 13.0 Å². The van der Waals surface area contributed by atoms with Crippen LogP contribution in [-0.4, -0.2) is 11.6 Å². The molecule has 0 spiro atoms. The van der Waals surface area contributed by atoms with E-state index in [0.29, 0.717) is 6.61 Å². The molecule has 70 valence electrons. The van der Waals surface area contributed by atoms with Crippen LogP contribution in [0.15, 0.2) is 30.3 Å². The van der Waals surface area contributed by atoms with Crippen LogP contribution in [0.1, 0.15) is 11.3 Å². The molecule has 0 saturated carbocycles. The van der Waals surface area contributed by atoms with Crippen molar-refractivity contribution in [2.75, 3.05) is 6.61 Å². The van der Waals surface area contributed by atoms with Crippen LogP contribution >= 0.6 is 0 Å². The quantitative estimate of drug-likeness (QED) is 0.628. The molecule has 2 nitrogen and oxygen atoms in total. The predicted octanol–water partition coefficient (Wildman–Crippen LogP) is 2.31. The number of aromatic nitrogens is 1. The molecule has 0 saturated heterocycles. The second-order valence-electron chi connectivity index (χ2n) is 3.59. The number of fused-ring (bicyclic) bond motifs is 2. The zero-order valence-electron chi connectivity index (χ0n) is 7.86. The van der Waals surface area contributed by atoms with Crippen LogP contribution < -0.4 is 0 Å². The van der Waals surface area contributed by atoms with Crippen LogP contribution in [0.3, 0.4) is 0 Å². The summed E-state index contributed by atoms with van der Waals surface area (Å²) in [4.78, 5) is 4.59. The molecule has 0 unspecified atom stereocenters. The van der Waals surface area contributed by atoms with Crippen molar-refractivity contribution in [1.82, 2.24) is 4.98 Å². The van der Waals surface area contributed by atoms with E-state index in [-0.39, 0.29) is 0 Å². The van der Waals surface area contributed by atoms with Crippen LogP contribution in [0.25, 0.3) is 10.9 Å². The molecule has 0 aliphatic carbocycles. The highest BCUT2D eigenvalue weighted by Gasteiger charge is 2.11. The molecule has 0 fully saturated rings. The summed E-state index contributed by atoms with van der Waals surface area (Å²) in [6, 6.07) is 10.5. The van der Waals surface area contributed by atoms with E-state index in [4.69, 9.17) is 4.74 Å². The first-order valence-corrected chi connectivity index (χ1v) is 4.89. The number of rotatable bonds is 0. The highest BCUT2D eigenvalue weighted by Crippen LogP contribution is 2.20. The molecular formula is C12H11NO. The monoisotopic (exact) mass is 185 g/mol. The van der Waals surface area contributed by atoms with Crippen LogP contribution in [0.2, 0.25) is 0 Å². The summed E-state index contributed by atoms with van der Waals surface area (Å²) >= 11 is 0. The highest BCUT2D eigenvalue weighted by atomic mass is 16.5. The van der Waals surface area contributed by atoms with Gasteiger partial charge in [0, 0.05) is 5.39 Å². The Balaban J connectivity index is 2.27. The van der Waals surface area contributed by atoms with E-state index in [1.807, 2.05) is 12.1 Å². The fourth-order valence-electron chi connectivity index (χ4n) is 1.89. The Hall–Kier alpha value is -1.41. The maximum Gasteiger partial charge on any atom is 0.0891 e. The van der Waals surface area contributed by atoms with E-state index in [1.165, 1.54) is 10.9 Å². The number of benzene rings is 1. The minimum Gasteiger partial charge on any atom is -0.375 e. The molecule has 1 aliphatic heterocycles. The lowest BCUT2D eigenvalue weighted by Crippen LogP contribution is -2.11. The zero-order valence-corrected chi connectivity index (χ0v) is 7.86. The number of ether oxygens (including phenoxy) is 1. The van der Waals surface area contributed by atoms with Crippen LogP contribution in [0, 0.1) is 0 Å². The second kappa shape index (κ2) is 3.07. The van der Waals surface area contributed by atoms with Crippen LogP contribution in [0.4, 0.5) is 0 Å². The Bertz CT molecular complexity index is 434. The minimum absolute atomic E-state index is 0.667. The summed E-state index contributed by atoms with van der Waals surface area (Å²) in [6.45, 7) is 1.49. The van der Waals surface area contributed by atoms with E-state index >= 15 is 0 Å². The lowest BCUT2D eigenvalue weighted by atomic mass is 10.1. The summed E-state index contributed by atoms with van der Waals surface area (Å²) in [5.41, 5.74) is 3.52. The number of hydrogen-bond donors (Lipinski definition) is 0. The van der Waals surface area contributed by atoms with Gasteiger partial charge in [-0.3, -0.25) is 4.98 Å². The van der Waals surface area contributed by atoms with Gasteiger partial charge in [0.25, 0.3) is 0 Å². The molecule has 2 aromatic rings. The summed E-state index contributed by atoms with van der Waals surface area (Å²) in [5, 5.41) is 1.23. The fraction of sp³-hybridized carbons (Fsp3) is 0.250. The number of nitrogens with zero attached hydrogens (tertiary/aromatic N) is 1. The Kier molecular flexibility index (Phi) is 1.74. The SMILES string of the molecule is c1ccc2nc3c(cc2c1)CCOC3. The Morgan fingerprint density at radius 3 is 3.14 bits per heavy atom. The van der Waals surface area contributed by atoms with Crippen molar-refractivity contribution < 1.29 is 4.74 Å². The third-order valence-electron chi connectivity index (χ3n) is 2.65. The van der Waals surface area contributed by atoms with Gasteiger partial charge < -0.3 is 4.74 Å². The second-order valence-corrected chi connectivity index (χ2v) is 3.59. The van der Waals surface area contributed by atoms with E-state index in [0.717, 1.165) is 24.2 Å². The van der Waals surface area contributed by atoms with Crippen molar-refractivity contribution in [2.24, 2.45) is 0 Å². The van der Waals surface area contributed by atoms with Gasteiger partial charge in [-0.15, -0.1) is 0 Å². The van der Waals surface area contributed by atoms with Gasteiger partial charge in [-0.1, -0.05) is 18.2 Å². The first-order chi connectivity index (χ1) is 6.93. The van der Waals surface area contributed by atoms with Crippen molar-refractivity contribution in [3.63, 3.8) is 0 Å². The fourth-order valence-corrected chi connectivity index (χ4v) is 1.89. The molecule has 1 aromatic heterocycles. The van der Waals surface area contributed by atoms with Gasteiger partial charge in [-0.05, 0) is 24.1 Å². The van der Waals surface area contributed by atoms with Gasteiger partial charge in [0.05, 0.1) is 24.4 Å². The molecule has 0 N–H and O–H groups in total. The van der Waals surface area contributed by atoms with Gasteiger partial charge in [0.15, 0.2) is 0 Å². The summed E-state index contributed by atoms with van der Waals surface area (Å²) in [5.74, 6) is 0. The van der Waals surface area contributed by atoms with Gasteiger partial charge in [0.2, 0.25) is 0 Å². The normalized spacial score (nSPS) is 15.4. The van der Waals surface area contributed by atoms with Gasteiger partial charge in [-0.25, -0.2) is 0 Å². The topological polar surface area (TPSA) is 22.1 Å². The Labute approximate surface area is 82.5 Å². The maximum atomic E-state index is 5.38. The van der Waals surface area contributed by atoms with Gasteiger partial charge >= 0.3 is 0 Å². The summed E-state index contributed by atoms with van der Waals surface area (Å²) in [7, 11) is 0. The van der Waals surface area contributed by atoms with E-state index in [2.05, 4.69) is 23.2 Å². The molecule has 1 aromatic carbocycles. The van der Waals surface area contributed by atoms with E-state index in [1.54, 1.807) is 0 Å². The molecule has 0 amide bonds. The van der Waals surface area contributed by atoms with Gasteiger partial charge in [-0.2, -0.15) is 0 Å². The summed E-state index contributed by atoms with van der Waals surface area (Å²) < 4.78 is 5.38. The molecule has 2 heterocycles. The third kappa shape index (κ3) is 1.19. The van der Waals surface area contributed by atoms with Crippen molar-refractivity contribution >= 4 is 10.9 Å².